The summed E-state index contributed by atoms with van der Waals surface area (Å²) in [5.41, 5.74) is 3.89. The van der Waals surface area contributed by atoms with E-state index >= 15 is 0 Å². The van der Waals surface area contributed by atoms with E-state index in [9.17, 15) is 0 Å². The third-order valence-corrected chi connectivity index (χ3v) is 2.48. The number of nitrogens with one attached hydrogen (secondary N) is 1. The Morgan fingerprint density at radius 3 is 2.73 bits per heavy atom. The van der Waals surface area contributed by atoms with Gasteiger partial charge in [-0.15, -0.1) is 0 Å². The predicted molar refractivity (Wildman–Crippen MR) is 60.3 cm³/mol. The highest BCUT2D eigenvalue weighted by molar-refractivity contribution is 4.98. The fourth-order valence-corrected chi connectivity index (χ4v) is 1.56. The largest absolute Gasteiger partial charge is 0.302 e. The smallest absolute Gasteiger partial charge is 0.0786 e. The van der Waals surface area contributed by atoms with E-state index in [1.165, 1.54) is 0 Å². The molecular formula is C11H21N3O. The molecule has 0 spiro atoms. The van der Waals surface area contributed by atoms with Gasteiger partial charge < -0.3 is 4.84 Å². The number of hydrogen-bond acceptors (Lipinski definition) is 3. The average Bonchev–Trinajstić information content (AvgIpc) is 2.69. The van der Waals surface area contributed by atoms with Crippen LogP contribution in [0.2, 0.25) is 0 Å². The van der Waals surface area contributed by atoms with Crippen LogP contribution < -0.4 is 5.48 Å². The van der Waals surface area contributed by atoms with E-state index in [1.54, 1.807) is 0 Å². The summed E-state index contributed by atoms with van der Waals surface area (Å²) in [5, 5.41) is 4.50. The Kier molecular flexibility index (Phi) is 5.36. The normalized spacial score (nSPS) is 11.2. The van der Waals surface area contributed by atoms with E-state index in [2.05, 4.69) is 24.4 Å². The lowest BCUT2D eigenvalue weighted by atomic mass is 10.2. The van der Waals surface area contributed by atoms with Crippen LogP contribution in [-0.2, 0) is 11.4 Å². The molecule has 0 fully saturated rings. The van der Waals surface area contributed by atoms with Gasteiger partial charge in [0.15, 0.2) is 0 Å². The quantitative estimate of drug-likeness (QED) is 0.555. The molecule has 1 aromatic heterocycles. The van der Waals surface area contributed by atoms with Crippen molar-refractivity contribution in [2.45, 2.75) is 46.2 Å². The van der Waals surface area contributed by atoms with Gasteiger partial charge in [0.1, 0.15) is 0 Å². The van der Waals surface area contributed by atoms with Gasteiger partial charge in [-0.05, 0) is 25.8 Å². The summed E-state index contributed by atoms with van der Waals surface area (Å²) in [6.07, 6.45) is 4.29. The maximum atomic E-state index is 5.06. The minimum Gasteiger partial charge on any atom is -0.302 e. The van der Waals surface area contributed by atoms with Crippen LogP contribution in [0.1, 0.15) is 45.3 Å². The molecule has 1 rings (SSSR count). The van der Waals surface area contributed by atoms with Crippen LogP contribution in [0.5, 0.6) is 0 Å². The molecule has 0 amide bonds. The van der Waals surface area contributed by atoms with Gasteiger partial charge in [-0.2, -0.15) is 10.6 Å². The summed E-state index contributed by atoms with van der Waals surface area (Å²) in [4.78, 5) is 5.06. The fourth-order valence-electron chi connectivity index (χ4n) is 1.56. The third-order valence-electron chi connectivity index (χ3n) is 2.48. The van der Waals surface area contributed by atoms with Gasteiger partial charge in [-0.25, -0.2) is 0 Å². The van der Waals surface area contributed by atoms with E-state index in [0.717, 1.165) is 18.5 Å². The van der Waals surface area contributed by atoms with Gasteiger partial charge >= 0.3 is 0 Å². The first-order chi connectivity index (χ1) is 7.31. The fraction of sp³-hybridized carbons (Fsp3) is 0.727. The first-order valence-corrected chi connectivity index (χ1v) is 5.70. The summed E-state index contributed by atoms with van der Waals surface area (Å²) >= 11 is 0. The lowest BCUT2D eigenvalue weighted by Crippen LogP contribution is -2.15. The van der Waals surface area contributed by atoms with Crippen molar-refractivity contribution >= 4 is 0 Å². The summed E-state index contributed by atoms with van der Waals surface area (Å²) in [6, 6.07) is 2.55. The molecule has 0 aliphatic rings. The molecule has 1 aromatic rings. The molecule has 0 atom stereocenters. The first-order valence-electron chi connectivity index (χ1n) is 5.70. The molecule has 0 radical (unpaired) electrons. The van der Waals surface area contributed by atoms with Gasteiger partial charge in [-0.3, -0.25) is 4.68 Å². The Bertz CT molecular complexity index is 269. The van der Waals surface area contributed by atoms with E-state index in [4.69, 9.17) is 4.84 Å². The lowest BCUT2D eigenvalue weighted by Gasteiger charge is -2.12. The van der Waals surface area contributed by atoms with Crippen LogP contribution in [-0.4, -0.2) is 16.4 Å². The highest BCUT2D eigenvalue weighted by Crippen LogP contribution is 2.14. The molecular weight excluding hydrogens is 190 g/mol. The number of hydroxylamine groups is 1. The molecule has 4 heteroatoms. The third kappa shape index (κ3) is 3.64. The topological polar surface area (TPSA) is 39.1 Å². The van der Waals surface area contributed by atoms with Crippen molar-refractivity contribution in [2.24, 2.45) is 0 Å². The van der Waals surface area contributed by atoms with Crippen molar-refractivity contribution in [2.75, 3.05) is 6.61 Å². The molecule has 4 nitrogen and oxygen atoms in total. The Balaban J connectivity index is 2.47. The van der Waals surface area contributed by atoms with Gasteiger partial charge in [0, 0.05) is 6.20 Å². The standard InChI is InChI=1S/C11H21N3O/c1-4-11(5-2)14-8-7-10(13-14)9-12-15-6-3/h7-8,11-12H,4-6,9H2,1-3H3. The number of rotatable bonds is 7. The van der Waals surface area contributed by atoms with Crippen LogP contribution in [0.15, 0.2) is 12.3 Å². The Morgan fingerprint density at radius 2 is 2.13 bits per heavy atom. The number of hydrogen-bond donors (Lipinski definition) is 1. The average molecular weight is 211 g/mol. The zero-order valence-corrected chi connectivity index (χ0v) is 9.86. The molecule has 0 aliphatic heterocycles. The predicted octanol–water partition coefficient (Wildman–Crippen LogP) is 2.29. The van der Waals surface area contributed by atoms with Gasteiger partial charge in [0.25, 0.3) is 0 Å². The summed E-state index contributed by atoms with van der Waals surface area (Å²) in [7, 11) is 0. The molecule has 15 heavy (non-hydrogen) atoms. The van der Waals surface area contributed by atoms with Crippen LogP contribution in [0.3, 0.4) is 0 Å². The van der Waals surface area contributed by atoms with E-state index in [-0.39, 0.29) is 0 Å². The molecule has 0 bridgehead atoms. The van der Waals surface area contributed by atoms with Crippen LogP contribution in [0.4, 0.5) is 0 Å². The molecule has 1 N–H and O–H groups in total. The molecule has 0 saturated heterocycles. The van der Waals surface area contributed by atoms with Gasteiger partial charge in [-0.1, -0.05) is 13.8 Å². The van der Waals surface area contributed by atoms with Crippen molar-refractivity contribution in [1.82, 2.24) is 15.3 Å². The molecule has 0 unspecified atom stereocenters. The highest BCUT2D eigenvalue weighted by Gasteiger charge is 2.07. The van der Waals surface area contributed by atoms with Crippen LogP contribution in [0.25, 0.3) is 0 Å². The van der Waals surface area contributed by atoms with Crippen molar-refractivity contribution in [3.8, 4) is 0 Å². The Hall–Kier alpha value is -0.870. The van der Waals surface area contributed by atoms with Gasteiger partial charge in [0.2, 0.25) is 0 Å². The second-order valence-corrected chi connectivity index (χ2v) is 3.51. The minimum absolute atomic E-state index is 0.519. The van der Waals surface area contributed by atoms with Crippen LogP contribution in [0, 0.1) is 0 Å². The highest BCUT2D eigenvalue weighted by atomic mass is 16.6. The van der Waals surface area contributed by atoms with Crippen molar-refractivity contribution < 1.29 is 4.84 Å². The monoisotopic (exact) mass is 211 g/mol. The molecule has 0 aliphatic carbocycles. The number of aromatic nitrogens is 2. The first kappa shape index (κ1) is 12.2. The summed E-state index contributed by atoms with van der Waals surface area (Å²) < 4.78 is 2.04. The zero-order valence-electron chi connectivity index (χ0n) is 9.86. The second kappa shape index (κ2) is 6.58. The minimum atomic E-state index is 0.519. The van der Waals surface area contributed by atoms with E-state index in [1.807, 2.05) is 23.9 Å². The zero-order chi connectivity index (χ0) is 11.1. The maximum Gasteiger partial charge on any atom is 0.0786 e. The maximum absolute atomic E-state index is 5.06. The van der Waals surface area contributed by atoms with E-state index < -0.39 is 0 Å². The van der Waals surface area contributed by atoms with Crippen LogP contribution >= 0.6 is 0 Å². The lowest BCUT2D eigenvalue weighted by molar-refractivity contribution is 0.0454. The Labute approximate surface area is 91.6 Å². The Morgan fingerprint density at radius 1 is 1.40 bits per heavy atom. The van der Waals surface area contributed by atoms with Crippen molar-refractivity contribution in [3.05, 3.63) is 18.0 Å². The molecule has 0 aromatic carbocycles. The summed E-state index contributed by atoms with van der Waals surface area (Å²) in [5.74, 6) is 0. The number of nitrogens with zero attached hydrogens (tertiary/aromatic N) is 2. The van der Waals surface area contributed by atoms with E-state index in [0.29, 0.717) is 19.2 Å². The summed E-state index contributed by atoms with van der Waals surface area (Å²) in [6.45, 7) is 7.67. The van der Waals surface area contributed by atoms with Crippen molar-refractivity contribution in [3.63, 3.8) is 0 Å². The molecule has 0 saturated carbocycles. The molecule has 86 valence electrons. The van der Waals surface area contributed by atoms with Gasteiger partial charge in [0.05, 0.1) is 24.9 Å². The SMILES string of the molecule is CCONCc1ccn(C(CC)CC)n1. The molecule has 1 heterocycles. The second-order valence-electron chi connectivity index (χ2n) is 3.51. The van der Waals surface area contributed by atoms with Crippen molar-refractivity contribution in [1.29, 1.82) is 0 Å².